The zero-order valence-corrected chi connectivity index (χ0v) is 10.5. The molecule has 1 atom stereocenters. The van der Waals surface area contributed by atoms with Gasteiger partial charge in [-0.1, -0.05) is 13.8 Å². The zero-order chi connectivity index (χ0) is 12.0. The van der Waals surface area contributed by atoms with Crippen LogP contribution >= 0.6 is 0 Å². The first kappa shape index (κ1) is 13.3. The minimum absolute atomic E-state index is 0.386. The second-order valence-corrected chi connectivity index (χ2v) is 4.65. The Morgan fingerprint density at radius 3 is 2.62 bits per heavy atom. The van der Waals surface area contributed by atoms with Gasteiger partial charge < -0.3 is 14.4 Å². The molecule has 0 saturated heterocycles. The highest BCUT2D eigenvalue weighted by molar-refractivity contribution is 5.12. The largest absolute Gasteiger partial charge is 0.389 e. The molecule has 0 aliphatic heterocycles. The highest BCUT2D eigenvalue weighted by Crippen LogP contribution is 2.11. The molecule has 0 bridgehead atoms. The number of aliphatic hydroxyl groups is 1. The van der Waals surface area contributed by atoms with Crippen molar-refractivity contribution in [1.29, 1.82) is 0 Å². The number of ether oxygens (including phenoxy) is 1. The van der Waals surface area contributed by atoms with Crippen molar-refractivity contribution < 1.29 is 9.84 Å². The Morgan fingerprint density at radius 1 is 1.31 bits per heavy atom. The summed E-state index contributed by atoms with van der Waals surface area (Å²) in [7, 11) is 0. The van der Waals surface area contributed by atoms with Crippen LogP contribution in [-0.4, -0.2) is 22.9 Å². The van der Waals surface area contributed by atoms with E-state index in [-0.39, 0.29) is 6.10 Å². The summed E-state index contributed by atoms with van der Waals surface area (Å²) >= 11 is 0. The first-order valence-corrected chi connectivity index (χ1v) is 6.01. The van der Waals surface area contributed by atoms with Crippen LogP contribution in [0.1, 0.15) is 38.9 Å². The zero-order valence-electron chi connectivity index (χ0n) is 10.5. The Bertz CT molecular complexity index is 292. The number of aromatic nitrogens is 1. The molecular weight excluding hydrogens is 202 g/mol. The standard InChI is InChI=1S/C13H23NO2/c1-11(2)5-8-16-9-7-14-6-4-13(10-14)12(3)15/h4,6,10-12,15H,5,7-9H2,1-3H3. The summed E-state index contributed by atoms with van der Waals surface area (Å²) < 4.78 is 7.59. The predicted octanol–water partition coefficient (Wildman–Crippen LogP) is 2.60. The third-order valence-electron chi connectivity index (χ3n) is 2.59. The molecule has 1 rings (SSSR count). The van der Waals surface area contributed by atoms with E-state index < -0.39 is 0 Å². The number of nitrogens with zero attached hydrogens (tertiary/aromatic N) is 1. The lowest BCUT2D eigenvalue weighted by molar-refractivity contribution is 0.116. The van der Waals surface area contributed by atoms with Gasteiger partial charge in [-0.25, -0.2) is 0 Å². The Morgan fingerprint density at radius 2 is 2.06 bits per heavy atom. The van der Waals surface area contributed by atoms with Crippen molar-refractivity contribution >= 4 is 0 Å². The van der Waals surface area contributed by atoms with E-state index in [0.29, 0.717) is 5.92 Å². The molecule has 16 heavy (non-hydrogen) atoms. The average Bonchev–Trinajstić information content (AvgIpc) is 2.65. The molecule has 0 spiro atoms. The van der Waals surface area contributed by atoms with E-state index in [1.807, 2.05) is 18.5 Å². The van der Waals surface area contributed by atoms with Crippen LogP contribution in [0.3, 0.4) is 0 Å². The molecule has 3 nitrogen and oxygen atoms in total. The molecule has 1 unspecified atom stereocenters. The number of hydrogen-bond acceptors (Lipinski definition) is 2. The highest BCUT2D eigenvalue weighted by Gasteiger charge is 2.02. The lowest BCUT2D eigenvalue weighted by Gasteiger charge is -2.07. The Balaban J connectivity index is 2.17. The van der Waals surface area contributed by atoms with Crippen molar-refractivity contribution in [2.24, 2.45) is 5.92 Å². The van der Waals surface area contributed by atoms with Crippen LogP contribution in [0.25, 0.3) is 0 Å². The van der Waals surface area contributed by atoms with Crippen LogP contribution in [0.5, 0.6) is 0 Å². The van der Waals surface area contributed by atoms with Gasteiger partial charge in [-0.15, -0.1) is 0 Å². The molecule has 92 valence electrons. The van der Waals surface area contributed by atoms with Crippen LogP contribution in [0.15, 0.2) is 18.5 Å². The van der Waals surface area contributed by atoms with Crippen LogP contribution in [0.2, 0.25) is 0 Å². The molecule has 0 amide bonds. The van der Waals surface area contributed by atoms with Gasteiger partial charge in [-0.2, -0.15) is 0 Å². The lowest BCUT2D eigenvalue weighted by atomic mass is 10.1. The second-order valence-electron chi connectivity index (χ2n) is 4.65. The highest BCUT2D eigenvalue weighted by atomic mass is 16.5. The van der Waals surface area contributed by atoms with Crippen LogP contribution in [-0.2, 0) is 11.3 Å². The second kappa shape index (κ2) is 6.71. The summed E-state index contributed by atoms with van der Waals surface area (Å²) in [5, 5.41) is 9.36. The molecule has 0 aromatic carbocycles. The van der Waals surface area contributed by atoms with Gasteiger partial charge in [0.1, 0.15) is 0 Å². The van der Waals surface area contributed by atoms with Crippen LogP contribution < -0.4 is 0 Å². The average molecular weight is 225 g/mol. The summed E-state index contributed by atoms with van der Waals surface area (Å²) in [6.45, 7) is 8.60. The maximum atomic E-state index is 9.36. The van der Waals surface area contributed by atoms with Gasteiger partial charge in [0.2, 0.25) is 0 Å². The number of hydrogen-bond donors (Lipinski definition) is 1. The molecule has 1 heterocycles. The van der Waals surface area contributed by atoms with Gasteiger partial charge >= 0.3 is 0 Å². The maximum Gasteiger partial charge on any atom is 0.0776 e. The molecule has 0 saturated carbocycles. The minimum Gasteiger partial charge on any atom is -0.389 e. The predicted molar refractivity (Wildman–Crippen MR) is 65.3 cm³/mol. The van der Waals surface area contributed by atoms with Gasteiger partial charge in [0.25, 0.3) is 0 Å². The van der Waals surface area contributed by atoms with E-state index in [1.165, 1.54) is 0 Å². The molecule has 0 fully saturated rings. The molecule has 3 heteroatoms. The molecule has 0 radical (unpaired) electrons. The summed E-state index contributed by atoms with van der Waals surface area (Å²) in [5.41, 5.74) is 0.960. The van der Waals surface area contributed by atoms with E-state index in [1.54, 1.807) is 6.92 Å². The molecule has 1 aromatic rings. The summed E-state index contributed by atoms with van der Waals surface area (Å²) in [5.74, 6) is 0.702. The van der Waals surface area contributed by atoms with Crippen LogP contribution in [0.4, 0.5) is 0 Å². The number of rotatable bonds is 7. The van der Waals surface area contributed by atoms with Crippen molar-refractivity contribution in [2.75, 3.05) is 13.2 Å². The van der Waals surface area contributed by atoms with Gasteiger partial charge in [-0.05, 0) is 30.9 Å². The van der Waals surface area contributed by atoms with Crippen molar-refractivity contribution in [3.8, 4) is 0 Å². The quantitative estimate of drug-likeness (QED) is 0.724. The van der Waals surface area contributed by atoms with E-state index >= 15 is 0 Å². The first-order valence-electron chi connectivity index (χ1n) is 6.01. The summed E-state index contributed by atoms with van der Waals surface area (Å²) in [6, 6.07) is 1.94. The van der Waals surface area contributed by atoms with Crippen LogP contribution in [0, 0.1) is 5.92 Å². The monoisotopic (exact) mass is 225 g/mol. The molecule has 1 aromatic heterocycles. The van der Waals surface area contributed by atoms with Gasteiger partial charge in [0.15, 0.2) is 0 Å². The smallest absolute Gasteiger partial charge is 0.0776 e. The van der Waals surface area contributed by atoms with E-state index in [0.717, 1.165) is 31.7 Å². The van der Waals surface area contributed by atoms with Crippen molar-refractivity contribution in [3.05, 3.63) is 24.0 Å². The molecular formula is C13H23NO2. The van der Waals surface area contributed by atoms with E-state index in [4.69, 9.17) is 4.74 Å². The topological polar surface area (TPSA) is 34.4 Å². The van der Waals surface area contributed by atoms with E-state index in [2.05, 4.69) is 18.4 Å². The minimum atomic E-state index is -0.386. The fourth-order valence-corrected chi connectivity index (χ4v) is 1.44. The van der Waals surface area contributed by atoms with Crippen molar-refractivity contribution in [1.82, 2.24) is 4.57 Å². The fourth-order valence-electron chi connectivity index (χ4n) is 1.44. The lowest BCUT2D eigenvalue weighted by Crippen LogP contribution is -2.06. The van der Waals surface area contributed by atoms with Crippen molar-refractivity contribution in [2.45, 2.75) is 39.8 Å². The Hall–Kier alpha value is -0.800. The van der Waals surface area contributed by atoms with Gasteiger partial charge in [0, 0.05) is 25.5 Å². The molecule has 1 N–H and O–H groups in total. The SMILES string of the molecule is CC(C)CCOCCn1ccc(C(C)O)c1. The van der Waals surface area contributed by atoms with Crippen molar-refractivity contribution in [3.63, 3.8) is 0 Å². The molecule has 0 aliphatic carbocycles. The summed E-state index contributed by atoms with van der Waals surface area (Å²) in [6.07, 6.45) is 4.68. The maximum absolute atomic E-state index is 9.36. The third-order valence-corrected chi connectivity index (χ3v) is 2.59. The molecule has 0 aliphatic rings. The van der Waals surface area contributed by atoms with Gasteiger partial charge in [0.05, 0.1) is 12.7 Å². The Kier molecular flexibility index (Phi) is 5.56. The summed E-state index contributed by atoms with van der Waals surface area (Å²) in [4.78, 5) is 0. The Labute approximate surface area is 98.0 Å². The van der Waals surface area contributed by atoms with Gasteiger partial charge in [-0.3, -0.25) is 0 Å². The first-order chi connectivity index (χ1) is 7.59. The fraction of sp³-hybridized carbons (Fsp3) is 0.692. The van der Waals surface area contributed by atoms with E-state index in [9.17, 15) is 5.11 Å². The number of aliphatic hydroxyl groups excluding tert-OH is 1. The normalized spacial score (nSPS) is 13.3. The third kappa shape index (κ3) is 4.81.